The summed E-state index contributed by atoms with van der Waals surface area (Å²) in [4.78, 5) is 23.5. The van der Waals surface area contributed by atoms with E-state index in [0.29, 0.717) is 33.7 Å². The van der Waals surface area contributed by atoms with Crippen molar-refractivity contribution in [3.05, 3.63) is 45.3 Å². The Kier molecular flexibility index (Phi) is 4.32. The zero-order valence-corrected chi connectivity index (χ0v) is 16.2. The molecular weight excluding hydrogens is 373 g/mol. The van der Waals surface area contributed by atoms with Gasteiger partial charge in [0, 0.05) is 37.0 Å². The molecule has 0 radical (unpaired) electrons. The third-order valence-electron chi connectivity index (χ3n) is 5.13. The minimum atomic E-state index is -0.453. The van der Waals surface area contributed by atoms with Crippen LogP contribution in [0.15, 0.2) is 18.2 Å². The van der Waals surface area contributed by atoms with Gasteiger partial charge >= 0.3 is 0 Å². The van der Waals surface area contributed by atoms with E-state index < -0.39 is 5.60 Å². The molecule has 1 saturated heterocycles. The van der Waals surface area contributed by atoms with Gasteiger partial charge < -0.3 is 9.64 Å². The summed E-state index contributed by atoms with van der Waals surface area (Å²) in [5.41, 5.74) is 1.05. The summed E-state index contributed by atoms with van der Waals surface area (Å²) >= 11 is 12.2. The normalized spacial score (nSPS) is 18.6. The second kappa shape index (κ2) is 6.39. The van der Waals surface area contributed by atoms with Gasteiger partial charge in [-0.05, 0) is 31.5 Å². The lowest BCUT2D eigenvalue weighted by molar-refractivity contribution is 0.0225. The van der Waals surface area contributed by atoms with Crippen molar-refractivity contribution in [2.24, 2.45) is 0 Å². The summed E-state index contributed by atoms with van der Waals surface area (Å²) in [5, 5.41) is 1.01. The molecule has 5 nitrogen and oxygen atoms in total. The molecule has 3 heterocycles. The van der Waals surface area contributed by atoms with Gasteiger partial charge in [0.2, 0.25) is 0 Å². The van der Waals surface area contributed by atoms with Gasteiger partial charge in [-0.2, -0.15) is 0 Å². The number of piperidine rings is 1. The number of aromatic nitrogens is 2. The lowest BCUT2D eigenvalue weighted by Crippen LogP contribution is -2.51. The molecule has 1 fully saturated rings. The van der Waals surface area contributed by atoms with Crippen molar-refractivity contribution in [3.8, 4) is 5.75 Å². The summed E-state index contributed by atoms with van der Waals surface area (Å²) in [7, 11) is 0. The number of ether oxygens (including phenoxy) is 1. The van der Waals surface area contributed by atoms with E-state index in [-0.39, 0.29) is 5.78 Å². The number of ketones is 1. The highest BCUT2D eigenvalue weighted by molar-refractivity contribution is 6.31. The van der Waals surface area contributed by atoms with E-state index >= 15 is 0 Å². The maximum Gasteiger partial charge on any atom is 0.170 e. The van der Waals surface area contributed by atoms with Crippen LogP contribution in [0.4, 0.5) is 5.82 Å². The molecule has 1 aromatic carbocycles. The van der Waals surface area contributed by atoms with Gasteiger partial charge in [-0.15, -0.1) is 0 Å². The second-order valence-corrected chi connectivity index (χ2v) is 7.89. The van der Waals surface area contributed by atoms with E-state index in [2.05, 4.69) is 14.9 Å². The van der Waals surface area contributed by atoms with Gasteiger partial charge in [-0.1, -0.05) is 23.2 Å². The van der Waals surface area contributed by atoms with Gasteiger partial charge in [0.25, 0.3) is 0 Å². The molecule has 0 aliphatic carbocycles. The summed E-state index contributed by atoms with van der Waals surface area (Å²) in [5.74, 6) is 2.26. The van der Waals surface area contributed by atoms with E-state index in [1.807, 2.05) is 19.9 Å². The standard InChI is InChI=1S/C19H19Cl2N3O2/c1-11-7-13(20)8-14-15(25)10-19(26-18(11)14)3-5-24(6-4-19)17-9-16(21)22-12(2)23-17/h7-9H,3-6,10H2,1-2H3. The summed E-state index contributed by atoms with van der Waals surface area (Å²) in [6.45, 7) is 5.26. The van der Waals surface area contributed by atoms with Gasteiger partial charge in [0.1, 0.15) is 28.1 Å². The van der Waals surface area contributed by atoms with Crippen LogP contribution in [0.5, 0.6) is 5.75 Å². The molecule has 0 atom stereocenters. The van der Waals surface area contributed by atoms with Crippen molar-refractivity contribution >= 4 is 34.8 Å². The van der Waals surface area contributed by atoms with Crippen LogP contribution in [-0.2, 0) is 0 Å². The number of anilines is 1. The summed E-state index contributed by atoms with van der Waals surface area (Å²) < 4.78 is 6.38. The van der Waals surface area contributed by atoms with Crippen LogP contribution in [0.3, 0.4) is 0 Å². The molecular formula is C19H19Cl2N3O2. The molecule has 0 saturated carbocycles. The van der Waals surface area contributed by atoms with Crippen molar-refractivity contribution in [1.82, 2.24) is 9.97 Å². The Morgan fingerprint density at radius 2 is 1.85 bits per heavy atom. The smallest absolute Gasteiger partial charge is 0.170 e. The maximum atomic E-state index is 12.7. The zero-order valence-electron chi connectivity index (χ0n) is 14.7. The van der Waals surface area contributed by atoms with Gasteiger partial charge in [-0.3, -0.25) is 4.79 Å². The number of fused-ring (bicyclic) bond motifs is 1. The molecule has 2 aromatic rings. The molecule has 26 heavy (non-hydrogen) atoms. The topological polar surface area (TPSA) is 55.3 Å². The minimum Gasteiger partial charge on any atom is -0.486 e. The lowest BCUT2D eigenvalue weighted by Gasteiger charge is -2.44. The molecule has 2 aliphatic rings. The third-order valence-corrected chi connectivity index (χ3v) is 5.54. The largest absolute Gasteiger partial charge is 0.486 e. The van der Waals surface area contributed by atoms with E-state index in [4.69, 9.17) is 27.9 Å². The summed E-state index contributed by atoms with van der Waals surface area (Å²) in [6.07, 6.45) is 1.89. The number of aryl methyl sites for hydroxylation is 2. The van der Waals surface area contributed by atoms with E-state index in [9.17, 15) is 4.79 Å². The van der Waals surface area contributed by atoms with Crippen LogP contribution in [0, 0.1) is 13.8 Å². The molecule has 1 spiro atoms. The van der Waals surface area contributed by atoms with E-state index in [1.54, 1.807) is 12.1 Å². The van der Waals surface area contributed by atoms with E-state index in [0.717, 1.165) is 37.3 Å². The molecule has 0 N–H and O–H groups in total. The highest BCUT2D eigenvalue weighted by Gasteiger charge is 2.43. The van der Waals surface area contributed by atoms with Crippen LogP contribution in [0.2, 0.25) is 10.2 Å². The van der Waals surface area contributed by atoms with Crippen LogP contribution >= 0.6 is 23.2 Å². The van der Waals surface area contributed by atoms with Gasteiger partial charge in [0.05, 0.1) is 12.0 Å². The number of carbonyl (C=O) groups is 1. The quantitative estimate of drug-likeness (QED) is 0.674. The molecule has 0 bridgehead atoms. The van der Waals surface area contributed by atoms with E-state index in [1.165, 1.54) is 0 Å². The number of hydrogen-bond donors (Lipinski definition) is 0. The fourth-order valence-electron chi connectivity index (χ4n) is 3.81. The number of halogens is 2. The van der Waals surface area contributed by atoms with Crippen molar-refractivity contribution in [2.45, 2.75) is 38.7 Å². The first kappa shape index (κ1) is 17.6. The predicted octanol–water partition coefficient (Wildman–Crippen LogP) is 4.40. The van der Waals surface area contributed by atoms with Crippen LogP contribution < -0.4 is 9.64 Å². The molecule has 0 amide bonds. The van der Waals surface area contributed by atoms with Crippen LogP contribution in [0.25, 0.3) is 0 Å². The van der Waals surface area contributed by atoms with Crippen molar-refractivity contribution < 1.29 is 9.53 Å². The second-order valence-electron chi connectivity index (χ2n) is 7.07. The Morgan fingerprint density at radius 3 is 2.54 bits per heavy atom. The number of hydrogen-bond acceptors (Lipinski definition) is 5. The number of rotatable bonds is 1. The molecule has 7 heteroatoms. The lowest BCUT2D eigenvalue weighted by atomic mass is 9.82. The average molecular weight is 392 g/mol. The highest BCUT2D eigenvalue weighted by atomic mass is 35.5. The van der Waals surface area contributed by atoms with Crippen LogP contribution in [0.1, 0.15) is 41.0 Å². The summed E-state index contributed by atoms with van der Waals surface area (Å²) in [6, 6.07) is 5.33. The molecule has 4 rings (SSSR count). The SMILES string of the molecule is Cc1nc(Cl)cc(N2CCC3(CC2)CC(=O)c2cc(Cl)cc(C)c2O3)n1. The first-order valence-electron chi connectivity index (χ1n) is 8.64. The van der Waals surface area contributed by atoms with Gasteiger partial charge in [-0.25, -0.2) is 9.97 Å². The fourth-order valence-corrected chi connectivity index (χ4v) is 4.31. The number of nitrogens with zero attached hydrogens (tertiary/aromatic N) is 3. The van der Waals surface area contributed by atoms with Crippen molar-refractivity contribution in [3.63, 3.8) is 0 Å². The zero-order chi connectivity index (χ0) is 18.5. The first-order chi connectivity index (χ1) is 12.3. The molecule has 1 aromatic heterocycles. The number of carbonyl (C=O) groups excluding carboxylic acids is 1. The van der Waals surface area contributed by atoms with Gasteiger partial charge in [0.15, 0.2) is 5.78 Å². The maximum absolute atomic E-state index is 12.7. The predicted molar refractivity (Wildman–Crippen MR) is 102 cm³/mol. The number of benzene rings is 1. The molecule has 2 aliphatic heterocycles. The average Bonchev–Trinajstić information content (AvgIpc) is 2.56. The van der Waals surface area contributed by atoms with Crippen LogP contribution in [-0.4, -0.2) is 34.4 Å². The van der Waals surface area contributed by atoms with Crippen molar-refractivity contribution in [1.29, 1.82) is 0 Å². The Morgan fingerprint density at radius 1 is 1.12 bits per heavy atom. The number of Topliss-reactive ketones (excluding diaryl/α,β-unsaturated/α-hetero) is 1. The third kappa shape index (κ3) is 3.14. The Hall–Kier alpha value is -1.85. The Balaban J connectivity index is 1.56. The minimum absolute atomic E-state index is 0.103. The van der Waals surface area contributed by atoms with Crippen molar-refractivity contribution in [2.75, 3.05) is 18.0 Å². The molecule has 0 unspecified atom stereocenters. The Labute approximate surface area is 162 Å². The first-order valence-corrected chi connectivity index (χ1v) is 9.39. The molecule has 136 valence electrons. The fraction of sp³-hybridized carbons (Fsp3) is 0.421. The Bertz CT molecular complexity index is 872. The monoisotopic (exact) mass is 391 g/mol. The highest BCUT2D eigenvalue weighted by Crippen LogP contribution is 2.42.